The van der Waals surface area contributed by atoms with Crippen LogP contribution in [0, 0.1) is 13.8 Å². The predicted molar refractivity (Wildman–Crippen MR) is 80.9 cm³/mol. The predicted octanol–water partition coefficient (Wildman–Crippen LogP) is 3.56. The van der Waals surface area contributed by atoms with Crippen molar-refractivity contribution in [3.63, 3.8) is 0 Å². The van der Waals surface area contributed by atoms with E-state index >= 15 is 0 Å². The van der Waals surface area contributed by atoms with Crippen LogP contribution in [-0.2, 0) is 6.54 Å². The van der Waals surface area contributed by atoms with Gasteiger partial charge in [-0.1, -0.05) is 18.2 Å². The van der Waals surface area contributed by atoms with E-state index < -0.39 is 0 Å². The van der Waals surface area contributed by atoms with Gasteiger partial charge in [-0.25, -0.2) is 4.98 Å². The SMILES string of the molecule is Cc1nc(CN(C(=O)c2ccccc2C)C2CC2)cs1. The number of thiazole rings is 1. The minimum Gasteiger partial charge on any atom is -0.330 e. The molecule has 0 saturated heterocycles. The van der Waals surface area contributed by atoms with Gasteiger partial charge >= 0.3 is 0 Å². The lowest BCUT2D eigenvalue weighted by atomic mass is 10.1. The normalized spacial score (nSPS) is 14.3. The molecule has 1 saturated carbocycles. The van der Waals surface area contributed by atoms with Gasteiger partial charge in [0.25, 0.3) is 5.91 Å². The standard InChI is InChI=1S/C16H18N2OS/c1-11-5-3-4-6-15(11)16(19)18(14-7-8-14)9-13-10-20-12(2)17-13/h3-6,10,14H,7-9H2,1-2H3. The molecule has 1 aromatic carbocycles. The molecule has 1 heterocycles. The molecule has 1 fully saturated rings. The Labute approximate surface area is 123 Å². The van der Waals surface area contributed by atoms with Crippen LogP contribution < -0.4 is 0 Å². The Balaban J connectivity index is 1.84. The topological polar surface area (TPSA) is 33.2 Å². The first-order valence-electron chi connectivity index (χ1n) is 6.93. The minimum atomic E-state index is 0.135. The lowest BCUT2D eigenvalue weighted by molar-refractivity contribution is 0.0727. The maximum atomic E-state index is 12.8. The van der Waals surface area contributed by atoms with Crippen LogP contribution in [0.3, 0.4) is 0 Å². The van der Waals surface area contributed by atoms with Crippen LogP contribution in [0.4, 0.5) is 0 Å². The first-order valence-corrected chi connectivity index (χ1v) is 7.80. The van der Waals surface area contributed by atoms with Gasteiger partial charge in [-0.2, -0.15) is 0 Å². The molecule has 2 aromatic rings. The van der Waals surface area contributed by atoms with E-state index in [0.717, 1.165) is 34.7 Å². The van der Waals surface area contributed by atoms with Crippen molar-refractivity contribution in [3.8, 4) is 0 Å². The molecule has 20 heavy (non-hydrogen) atoms. The summed E-state index contributed by atoms with van der Waals surface area (Å²) < 4.78 is 0. The van der Waals surface area contributed by atoms with Gasteiger partial charge in [0.2, 0.25) is 0 Å². The van der Waals surface area contributed by atoms with Crippen LogP contribution in [0.15, 0.2) is 29.6 Å². The molecule has 3 nitrogen and oxygen atoms in total. The molecule has 0 N–H and O–H groups in total. The van der Waals surface area contributed by atoms with Gasteiger partial charge in [-0.05, 0) is 38.3 Å². The molecule has 4 heteroatoms. The highest BCUT2D eigenvalue weighted by atomic mass is 32.1. The van der Waals surface area contributed by atoms with Crippen LogP contribution in [0.25, 0.3) is 0 Å². The van der Waals surface area contributed by atoms with Gasteiger partial charge in [0.1, 0.15) is 0 Å². The number of hydrogen-bond donors (Lipinski definition) is 0. The second kappa shape index (κ2) is 5.37. The summed E-state index contributed by atoms with van der Waals surface area (Å²) in [6.45, 7) is 4.62. The first-order chi connectivity index (χ1) is 9.65. The van der Waals surface area contributed by atoms with Crippen molar-refractivity contribution in [2.75, 3.05) is 0 Å². The highest BCUT2D eigenvalue weighted by Crippen LogP contribution is 2.30. The Bertz CT molecular complexity index is 631. The Hall–Kier alpha value is -1.68. The van der Waals surface area contributed by atoms with E-state index in [1.165, 1.54) is 0 Å². The van der Waals surface area contributed by atoms with Crippen LogP contribution in [0.1, 0.15) is 39.5 Å². The maximum Gasteiger partial charge on any atom is 0.254 e. The molecule has 1 amide bonds. The average Bonchev–Trinajstić information content (AvgIpc) is 3.19. The number of benzene rings is 1. The van der Waals surface area contributed by atoms with Crippen molar-refractivity contribution in [3.05, 3.63) is 51.5 Å². The van der Waals surface area contributed by atoms with Gasteiger partial charge in [0, 0.05) is 17.0 Å². The van der Waals surface area contributed by atoms with Crippen molar-refractivity contribution >= 4 is 17.2 Å². The number of nitrogens with zero attached hydrogens (tertiary/aromatic N) is 2. The number of amides is 1. The fourth-order valence-corrected chi connectivity index (χ4v) is 2.98. The van der Waals surface area contributed by atoms with Gasteiger partial charge in [0.15, 0.2) is 0 Å². The van der Waals surface area contributed by atoms with Crippen LogP contribution >= 0.6 is 11.3 Å². The molecular formula is C16H18N2OS. The summed E-state index contributed by atoms with van der Waals surface area (Å²) in [4.78, 5) is 19.2. The first kappa shape index (κ1) is 13.3. The summed E-state index contributed by atoms with van der Waals surface area (Å²) >= 11 is 1.64. The van der Waals surface area contributed by atoms with Gasteiger partial charge < -0.3 is 4.90 Å². The van der Waals surface area contributed by atoms with Crippen LogP contribution in [0.5, 0.6) is 0 Å². The van der Waals surface area contributed by atoms with Crippen molar-refractivity contribution in [1.82, 2.24) is 9.88 Å². The molecule has 0 unspecified atom stereocenters. The summed E-state index contributed by atoms with van der Waals surface area (Å²) in [5.41, 5.74) is 2.85. The Kier molecular flexibility index (Phi) is 3.57. The van der Waals surface area contributed by atoms with Crippen molar-refractivity contribution in [2.45, 2.75) is 39.3 Å². The highest BCUT2D eigenvalue weighted by molar-refractivity contribution is 7.09. The largest absolute Gasteiger partial charge is 0.330 e. The summed E-state index contributed by atoms with van der Waals surface area (Å²) in [5.74, 6) is 0.135. The molecule has 1 aliphatic carbocycles. The number of hydrogen-bond acceptors (Lipinski definition) is 3. The number of rotatable bonds is 4. The third kappa shape index (κ3) is 2.75. The molecular weight excluding hydrogens is 268 g/mol. The fourth-order valence-electron chi connectivity index (χ4n) is 2.38. The zero-order valence-corrected chi connectivity index (χ0v) is 12.6. The maximum absolute atomic E-state index is 12.8. The summed E-state index contributed by atoms with van der Waals surface area (Å²) in [6, 6.07) is 8.20. The second-order valence-corrected chi connectivity index (χ2v) is 6.40. The van der Waals surface area contributed by atoms with Crippen molar-refractivity contribution < 1.29 is 4.79 Å². The molecule has 0 spiro atoms. The van der Waals surface area contributed by atoms with E-state index in [-0.39, 0.29) is 5.91 Å². The monoisotopic (exact) mass is 286 g/mol. The molecule has 0 radical (unpaired) electrons. The van der Waals surface area contributed by atoms with Gasteiger partial charge in [0.05, 0.1) is 17.2 Å². The van der Waals surface area contributed by atoms with Crippen LogP contribution in [0.2, 0.25) is 0 Å². The average molecular weight is 286 g/mol. The fraction of sp³-hybridized carbons (Fsp3) is 0.375. The molecule has 0 bridgehead atoms. The zero-order chi connectivity index (χ0) is 14.1. The molecule has 3 rings (SSSR count). The summed E-state index contributed by atoms with van der Waals surface area (Å²) in [6.07, 6.45) is 2.22. The number of carbonyl (C=O) groups is 1. The molecule has 1 aromatic heterocycles. The number of aromatic nitrogens is 1. The third-order valence-electron chi connectivity index (χ3n) is 3.62. The summed E-state index contributed by atoms with van der Waals surface area (Å²) in [5, 5.41) is 3.11. The number of aryl methyl sites for hydroxylation is 2. The van der Waals surface area contributed by atoms with E-state index in [1.807, 2.05) is 43.0 Å². The zero-order valence-electron chi connectivity index (χ0n) is 11.8. The lowest BCUT2D eigenvalue weighted by Gasteiger charge is -2.22. The molecule has 0 atom stereocenters. The lowest BCUT2D eigenvalue weighted by Crippen LogP contribution is -2.33. The van der Waals surface area contributed by atoms with E-state index in [9.17, 15) is 4.79 Å². The molecule has 104 valence electrons. The molecule has 0 aliphatic heterocycles. The highest BCUT2D eigenvalue weighted by Gasteiger charge is 2.33. The van der Waals surface area contributed by atoms with E-state index in [0.29, 0.717) is 12.6 Å². The van der Waals surface area contributed by atoms with Crippen molar-refractivity contribution in [2.24, 2.45) is 0 Å². The Morgan fingerprint density at radius 1 is 1.35 bits per heavy atom. The number of carbonyl (C=O) groups excluding carboxylic acids is 1. The Morgan fingerprint density at radius 2 is 2.10 bits per heavy atom. The van der Waals surface area contributed by atoms with E-state index in [2.05, 4.69) is 10.4 Å². The van der Waals surface area contributed by atoms with E-state index in [4.69, 9.17) is 0 Å². The quantitative estimate of drug-likeness (QED) is 0.861. The van der Waals surface area contributed by atoms with Crippen molar-refractivity contribution in [1.29, 1.82) is 0 Å². The van der Waals surface area contributed by atoms with Gasteiger partial charge in [-0.15, -0.1) is 11.3 Å². The van der Waals surface area contributed by atoms with Gasteiger partial charge in [-0.3, -0.25) is 4.79 Å². The Morgan fingerprint density at radius 3 is 2.70 bits per heavy atom. The second-order valence-electron chi connectivity index (χ2n) is 5.34. The third-order valence-corrected chi connectivity index (χ3v) is 4.45. The minimum absolute atomic E-state index is 0.135. The van der Waals surface area contributed by atoms with Crippen LogP contribution in [-0.4, -0.2) is 21.8 Å². The smallest absolute Gasteiger partial charge is 0.254 e. The summed E-state index contributed by atoms with van der Waals surface area (Å²) in [7, 11) is 0. The van der Waals surface area contributed by atoms with E-state index in [1.54, 1.807) is 11.3 Å². The molecule has 1 aliphatic rings.